The third-order valence-electron chi connectivity index (χ3n) is 4.85. The van der Waals surface area contributed by atoms with Gasteiger partial charge in [-0.15, -0.1) is 0 Å². The van der Waals surface area contributed by atoms with Crippen LogP contribution in [0.3, 0.4) is 0 Å². The van der Waals surface area contributed by atoms with Gasteiger partial charge in [0.25, 0.3) is 0 Å². The molecule has 1 heterocycles. The van der Waals surface area contributed by atoms with Gasteiger partial charge < -0.3 is 19.9 Å². The second kappa shape index (κ2) is 7.20. The topological polar surface area (TPSA) is 61.9 Å². The Bertz CT molecular complexity index is 405. The summed E-state index contributed by atoms with van der Waals surface area (Å²) in [5, 5.41) is 3.13. The molecule has 126 valence electrons. The van der Waals surface area contributed by atoms with Gasteiger partial charge in [0, 0.05) is 31.7 Å². The molecule has 0 aromatic rings. The average molecular weight is 311 g/mol. The molecule has 1 saturated carbocycles. The van der Waals surface area contributed by atoms with Gasteiger partial charge in [-0.3, -0.25) is 0 Å². The zero-order valence-electron chi connectivity index (χ0n) is 14.2. The van der Waals surface area contributed by atoms with Crippen molar-refractivity contribution in [2.75, 3.05) is 26.7 Å². The van der Waals surface area contributed by atoms with Crippen molar-refractivity contribution in [1.29, 1.82) is 0 Å². The van der Waals surface area contributed by atoms with E-state index >= 15 is 0 Å². The molecule has 6 nitrogen and oxygen atoms in total. The van der Waals surface area contributed by atoms with Gasteiger partial charge in [0.2, 0.25) is 0 Å². The highest BCUT2D eigenvalue weighted by atomic mass is 16.5. The van der Waals surface area contributed by atoms with Crippen LogP contribution in [0.2, 0.25) is 0 Å². The van der Waals surface area contributed by atoms with Crippen LogP contribution >= 0.6 is 0 Å². The van der Waals surface area contributed by atoms with Crippen molar-refractivity contribution in [3.63, 3.8) is 0 Å². The van der Waals surface area contributed by atoms with Crippen LogP contribution in [0.25, 0.3) is 0 Å². The number of nitrogens with one attached hydrogen (secondary N) is 1. The van der Waals surface area contributed by atoms with Gasteiger partial charge in [0.15, 0.2) is 0 Å². The first-order valence-corrected chi connectivity index (χ1v) is 8.32. The van der Waals surface area contributed by atoms with Gasteiger partial charge in [-0.1, -0.05) is 6.92 Å². The normalized spacial score (nSPS) is 25.0. The van der Waals surface area contributed by atoms with Crippen LogP contribution in [0.5, 0.6) is 0 Å². The van der Waals surface area contributed by atoms with Gasteiger partial charge in [-0.2, -0.15) is 0 Å². The van der Waals surface area contributed by atoms with E-state index in [4.69, 9.17) is 4.74 Å². The Morgan fingerprint density at radius 1 is 1.32 bits per heavy atom. The summed E-state index contributed by atoms with van der Waals surface area (Å²) in [5.41, 5.74) is 0. The lowest BCUT2D eigenvalue weighted by atomic mass is 10.1. The van der Waals surface area contributed by atoms with Crippen molar-refractivity contribution >= 4 is 12.1 Å². The Morgan fingerprint density at radius 3 is 2.36 bits per heavy atom. The minimum atomic E-state index is -0.281. The maximum atomic E-state index is 12.5. The highest BCUT2D eigenvalue weighted by molar-refractivity contribution is 5.75. The van der Waals surface area contributed by atoms with Gasteiger partial charge >= 0.3 is 12.1 Å². The van der Waals surface area contributed by atoms with E-state index in [1.165, 1.54) is 13.5 Å². The molecule has 3 amide bonds. The minimum Gasteiger partial charge on any atom is -0.453 e. The molecule has 1 N–H and O–H groups in total. The fraction of sp³-hybridized carbons (Fsp3) is 0.875. The Labute approximate surface area is 133 Å². The molecule has 1 aliphatic heterocycles. The summed E-state index contributed by atoms with van der Waals surface area (Å²) in [7, 11) is 1.40. The third kappa shape index (κ3) is 4.27. The summed E-state index contributed by atoms with van der Waals surface area (Å²) in [4.78, 5) is 27.6. The predicted molar refractivity (Wildman–Crippen MR) is 84.6 cm³/mol. The maximum Gasteiger partial charge on any atom is 0.409 e. The monoisotopic (exact) mass is 311 g/mol. The van der Waals surface area contributed by atoms with E-state index in [9.17, 15) is 9.59 Å². The molecule has 2 aliphatic rings. The van der Waals surface area contributed by atoms with E-state index in [-0.39, 0.29) is 24.2 Å². The van der Waals surface area contributed by atoms with Gasteiger partial charge in [0.05, 0.1) is 7.11 Å². The lowest BCUT2D eigenvalue weighted by Crippen LogP contribution is -2.52. The molecule has 1 saturated heterocycles. The molecule has 1 aliphatic carbocycles. The summed E-state index contributed by atoms with van der Waals surface area (Å²) >= 11 is 0. The lowest BCUT2D eigenvalue weighted by molar-refractivity contribution is 0.109. The van der Waals surface area contributed by atoms with E-state index in [2.05, 4.69) is 26.1 Å². The van der Waals surface area contributed by atoms with Crippen LogP contribution in [-0.2, 0) is 4.74 Å². The standard InChI is InChI=1S/C16H29N3O3/c1-11(2)19(10-13-9-12(13)3)15(20)17-14-5-7-18(8-6-14)16(21)22-4/h11-14H,5-10H2,1-4H3,(H,17,20)/t12-,13-/m0/s1. The predicted octanol–water partition coefficient (Wildman–Crippen LogP) is 2.29. The number of methoxy groups -OCH3 is 1. The second-order valence-electron chi connectivity index (χ2n) is 6.90. The molecule has 0 bridgehead atoms. The summed E-state index contributed by atoms with van der Waals surface area (Å²) in [5.74, 6) is 1.41. The summed E-state index contributed by atoms with van der Waals surface area (Å²) in [6.45, 7) is 8.49. The highest BCUT2D eigenvalue weighted by Crippen LogP contribution is 2.38. The van der Waals surface area contributed by atoms with Crippen molar-refractivity contribution in [1.82, 2.24) is 15.1 Å². The largest absolute Gasteiger partial charge is 0.453 e. The molecule has 2 fully saturated rings. The molecule has 6 heteroatoms. The Balaban J connectivity index is 1.79. The molecule has 2 rings (SSSR count). The van der Waals surface area contributed by atoms with E-state index < -0.39 is 0 Å². The molecule has 0 spiro atoms. The van der Waals surface area contributed by atoms with E-state index in [1.54, 1.807) is 4.90 Å². The number of carbonyl (C=O) groups excluding carboxylic acids is 2. The van der Waals surface area contributed by atoms with Crippen molar-refractivity contribution in [2.45, 2.75) is 52.1 Å². The molecular formula is C16H29N3O3. The number of piperidine rings is 1. The fourth-order valence-electron chi connectivity index (χ4n) is 3.03. The third-order valence-corrected chi connectivity index (χ3v) is 4.85. The number of ether oxygens (including phenoxy) is 1. The SMILES string of the molecule is COC(=O)N1CCC(NC(=O)N(C[C@@H]2C[C@@H]2C)C(C)C)CC1. The number of amides is 3. The van der Waals surface area contributed by atoms with Crippen molar-refractivity contribution in [3.8, 4) is 0 Å². The van der Waals surface area contributed by atoms with Crippen LogP contribution in [0, 0.1) is 11.8 Å². The van der Waals surface area contributed by atoms with Crippen LogP contribution in [0.1, 0.15) is 40.0 Å². The minimum absolute atomic E-state index is 0.0330. The number of carbonyl (C=O) groups is 2. The first-order valence-electron chi connectivity index (χ1n) is 8.32. The zero-order chi connectivity index (χ0) is 16.3. The lowest BCUT2D eigenvalue weighted by Gasteiger charge is -2.34. The number of nitrogens with zero attached hydrogens (tertiary/aromatic N) is 2. The molecule has 0 aromatic heterocycles. The van der Waals surface area contributed by atoms with Gasteiger partial charge in [-0.05, 0) is 44.9 Å². The number of likely N-dealkylation sites (tertiary alicyclic amines) is 1. The molecular weight excluding hydrogens is 282 g/mol. The number of hydrogen-bond acceptors (Lipinski definition) is 3. The summed E-state index contributed by atoms with van der Waals surface area (Å²) in [6.07, 6.45) is 2.52. The first-order chi connectivity index (χ1) is 10.4. The molecule has 22 heavy (non-hydrogen) atoms. The average Bonchev–Trinajstić information content (AvgIpc) is 3.19. The van der Waals surface area contributed by atoms with Crippen LogP contribution in [0.15, 0.2) is 0 Å². The number of hydrogen-bond donors (Lipinski definition) is 1. The zero-order valence-corrected chi connectivity index (χ0v) is 14.2. The van der Waals surface area contributed by atoms with E-state index in [0.717, 1.165) is 25.3 Å². The van der Waals surface area contributed by atoms with Crippen LogP contribution in [0.4, 0.5) is 9.59 Å². The molecule has 0 unspecified atom stereocenters. The number of rotatable bonds is 4. The molecule has 0 aromatic carbocycles. The molecule has 0 radical (unpaired) electrons. The Hall–Kier alpha value is -1.46. The summed E-state index contributed by atoms with van der Waals surface area (Å²) in [6, 6.07) is 0.389. The Morgan fingerprint density at radius 2 is 1.91 bits per heavy atom. The van der Waals surface area contributed by atoms with Gasteiger partial charge in [0.1, 0.15) is 0 Å². The fourth-order valence-corrected chi connectivity index (χ4v) is 3.03. The number of urea groups is 1. The van der Waals surface area contributed by atoms with Gasteiger partial charge in [-0.25, -0.2) is 9.59 Å². The maximum absolute atomic E-state index is 12.5. The van der Waals surface area contributed by atoms with Crippen molar-refractivity contribution < 1.29 is 14.3 Å². The first kappa shape index (κ1) is 16.9. The van der Waals surface area contributed by atoms with E-state index in [0.29, 0.717) is 19.0 Å². The highest BCUT2D eigenvalue weighted by Gasteiger charge is 2.36. The Kier molecular flexibility index (Phi) is 5.53. The quantitative estimate of drug-likeness (QED) is 0.866. The van der Waals surface area contributed by atoms with Crippen LogP contribution in [-0.4, -0.2) is 60.8 Å². The smallest absolute Gasteiger partial charge is 0.409 e. The summed E-state index contributed by atoms with van der Waals surface area (Å²) < 4.78 is 4.73. The van der Waals surface area contributed by atoms with Crippen LogP contribution < -0.4 is 5.32 Å². The van der Waals surface area contributed by atoms with E-state index in [1.807, 2.05) is 4.90 Å². The second-order valence-corrected chi connectivity index (χ2v) is 6.90. The van der Waals surface area contributed by atoms with Crippen molar-refractivity contribution in [2.24, 2.45) is 11.8 Å². The molecule has 2 atom stereocenters. The van der Waals surface area contributed by atoms with Crippen molar-refractivity contribution in [3.05, 3.63) is 0 Å².